The first-order valence-electron chi connectivity index (χ1n) is 4.00. The summed E-state index contributed by atoms with van der Waals surface area (Å²) < 4.78 is 29.2. The zero-order valence-electron chi connectivity index (χ0n) is 8.90. The van der Waals surface area contributed by atoms with Gasteiger partial charge >= 0.3 is 10.4 Å². The average molecular weight is 213 g/mol. The van der Waals surface area contributed by atoms with E-state index in [-0.39, 0.29) is 13.2 Å². The van der Waals surface area contributed by atoms with Gasteiger partial charge in [0.05, 0.1) is 13.2 Å². The van der Waals surface area contributed by atoms with Gasteiger partial charge in [-0.2, -0.15) is 8.42 Å². The van der Waals surface area contributed by atoms with Crippen LogP contribution in [0.4, 0.5) is 0 Å². The van der Waals surface area contributed by atoms with Gasteiger partial charge in [-0.05, 0) is 35.0 Å². The zero-order chi connectivity index (χ0) is 10.9. The highest BCUT2D eigenvalue weighted by Crippen LogP contribution is 1.93. The van der Waals surface area contributed by atoms with Gasteiger partial charge in [0.2, 0.25) is 0 Å². The van der Waals surface area contributed by atoms with E-state index in [9.17, 15) is 8.42 Å². The smallest absolute Gasteiger partial charge is 0.312 e. The van der Waals surface area contributed by atoms with Gasteiger partial charge in [-0.15, -0.1) is 0 Å². The summed E-state index contributed by atoms with van der Waals surface area (Å²) in [5.41, 5.74) is 0. The van der Waals surface area contributed by atoms with E-state index in [1.807, 2.05) is 26.0 Å². The zero-order valence-corrected chi connectivity index (χ0v) is 9.72. The Morgan fingerprint density at radius 3 is 1.38 bits per heavy atom. The molecule has 0 N–H and O–H groups in total. The molecule has 0 saturated heterocycles. The third-order valence-electron chi connectivity index (χ3n) is 0.524. The van der Waals surface area contributed by atoms with Crippen molar-refractivity contribution in [2.24, 2.45) is 0 Å². The Bertz CT molecular complexity index is 174. The molecule has 0 atom stereocenters. The molecule has 0 aromatic heterocycles. The predicted molar refractivity (Wildman–Crippen MR) is 51.8 cm³/mol. The van der Waals surface area contributed by atoms with Crippen molar-refractivity contribution in [1.29, 1.82) is 0 Å². The minimum Gasteiger partial charge on any atom is -0.312 e. The molecule has 82 valence electrons. The van der Waals surface area contributed by atoms with Crippen LogP contribution in [0.25, 0.3) is 0 Å². The number of hydrogen-bond acceptors (Lipinski definition) is 5. The lowest BCUT2D eigenvalue weighted by Gasteiger charge is -1.99. The van der Waals surface area contributed by atoms with Crippen LogP contribution >= 0.6 is 0 Å². The first-order chi connectivity index (χ1) is 5.85. The van der Waals surface area contributed by atoms with Gasteiger partial charge in [-0.1, -0.05) is 0 Å². The monoisotopic (exact) mass is 213 g/mol. The van der Waals surface area contributed by atoms with Crippen LogP contribution in [-0.2, 0) is 18.8 Å². The van der Waals surface area contributed by atoms with E-state index in [4.69, 9.17) is 0 Å². The minimum absolute atomic E-state index is 0.113. The van der Waals surface area contributed by atoms with Gasteiger partial charge in [-0.25, -0.2) is 8.37 Å². The van der Waals surface area contributed by atoms with Crippen molar-refractivity contribution in [1.82, 2.24) is 4.90 Å². The van der Waals surface area contributed by atoms with Crippen molar-refractivity contribution >= 4 is 10.4 Å². The largest absolute Gasteiger partial charge is 0.399 e. The molecule has 0 saturated carbocycles. The maximum Gasteiger partial charge on any atom is 0.399 e. The molecule has 6 heteroatoms. The normalized spacial score (nSPS) is 10.9. The van der Waals surface area contributed by atoms with Gasteiger partial charge in [0, 0.05) is 0 Å². The van der Waals surface area contributed by atoms with Gasteiger partial charge < -0.3 is 4.90 Å². The second-order valence-corrected chi connectivity index (χ2v) is 3.85. The van der Waals surface area contributed by atoms with Gasteiger partial charge in [0.15, 0.2) is 0 Å². The summed E-state index contributed by atoms with van der Waals surface area (Å²) >= 11 is 0. The number of rotatable bonds is 4. The summed E-state index contributed by atoms with van der Waals surface area (Å²) in [5.74, 6) is 0. The molecule has 0 fully saturated rings. The first-order valence-corrected chi connectivity index (χ1v) is 5.33. The molecule has 5 nitrogen and oxygen atoms in total. The lowest BCUT2D eigenvalue weighted by atomic mass is 10.9. The summed E-state index contributed by atoms with van der Waals surface area (Å²) in [6.07, 6.45) is 0. The van der Waals surface area contributed by atoms with Crippen LogP contribution in [0.5, 0.6) is 0 Å². The molecule has 0 aliphatic heterocycles. The highest BCUT2D eigenvalue weighted by molar-refractivity contribution is 7.81. The van der Waals surface area contributed by atoms with E-state index in [1.54, 1.807) is 13.8 Å². The van der Waals surface area contributed by atoms with Crippen LogP contribution < -0.4 is 0 Å². The van der Waals surface area contributed by atoms with E-state index in [0.29, 0.717) is 0 Å². The van der Waals surface area contributed by atoms with E-state index in [0.717, 1.165) is 0 Å². The van der Waals surface area contributed by atoms with E-state index in [2.05, 4.69) is 8.37 Å². The van der Waals surface area contributed by atoms with E-state index < -0.39 is 10.4 Å². The molecule has 0 bridgehead atoms. The molecule has 0 spiro atoms. The third-order valence-corrected chi connectivity index (χ3v) is 1.57. The van der Waals surface area contributed by atoms with Gasteiger partial charge in [0.25, 0.3) is 0 Å². The molecule has 0 aromatic carbocycles. The average Bonchev–Trinajstić information content (AvgIpc) is 1.84. The Kier molecular flexibility index (Phi) is 9.93. The van der Waals surface area contributed by atoms with Crippen LogP contribution in [-0.4, -0.2) is 47.7 Å². The van der Waals surface area contributed by atoms with Crippen molar-refractivity contribution in [2.45, 2.75) is 13.8 Å². The Balaban J connectivity index is 0. The molecule has 0 heterocycles. The third kappa shape index (κ3) is 18.6. The first kappa shape index (κ1) is 15.3. The second kappa shape index (κ2) is 8.43. The molecule has 0 aromatic rings. The Labute approximate surface area is 81.0 Å². The SMILES string of the molecule is CCOS(=O)(=O)OCC.CN(C)C. The minimum atomic E-state index is -3.68. The molecular formula is C7H19NO4S. The Morgan fingerprint density at radius 2 is 1.23 bits per heavy atom. The molecule has 0 amide bonds. The summed E-state index contributed by atoms with van der Waals surface area (Å²) in [5, 5.41) is 0. The van der Waals surface area contributed by atoms with Crippen LogP contribution in [0.15, 0.2) is 0 Å². The van der Waals surface area contributed by atoms with Crippen molar-refractivity contribution in [3.8, 4) is 0 Å². The van der Waals surface area contributed by atoms with E-state index >= 15 is 0 Å². The van der Waals surface area contributed by atoms with Crippen molar-refractivity contribution < 1.29 is 16.8 Å². The molecule has 0 aliphatic rings. The summed E-state index contributed by atoms with van der Waals surface area (Å²) in [6, 6.07) is 0. The van der Waals surface area contributed by atoms with Crippen LogP contribution in [0.1, 0.15) is 13.8 Å². The number of hydrogen-bond donors (Lipinski definition) is 0. The van der Waals surface area contributed by atoms with Crippen LogP contribution in [0.3, 0.4) is 0 Å². The van der Waals surface area contributed by atoms with Gasteiger partial charge in [-0.3, -0.25) is 0 Å². The number of nitrogens with zero attached hydrogens (tertiary/aromatic N) is 1. The molecule has 0 rings (SSSR count). The summed E-state index contributed by atoms with van der Waals surface area (Å²) in [4.78, 5) is 2.00. The molecule has 0 aliphatic carbocycles. The molecule has 0 radical (unpaired) electrons. The lowest BCUT2D eigenvalue weighted by molar-refractivity contribution is 0.231. The van der Waals surface area contributed by atoms with Crippen molar-refractivity contribution in [2.75, 3.05) is 34.4 Å². The Hall–Kier alpha value is -0.170. The second-order valence-electron chi connectivity index (χ2n) is 2.56. The predicted octanol–water partition coefficient (Wildman–Crippen LogP) is 0.482. The quantitative estimate of drug-likeness (QED) is 0.680. The highest BCUT2D eigenvalue weighted by Gasteiger charge is 2.06. The lowest BCUT2D eigenvalue weighted by Crippen LogP contribution is -2.09. The van der Waals surface area contributed by atoms with Gasteiger partial charge in [0.1, 0.15) is 0 Å². The van der Waals surface area contributed by atoms with Crippen molar-refractivity contribution in [3.63, 3.8) is 0 Å². The summed E-state index contributed by atoms with van der Waals surface area (Å²) in [7, 11) is 2.32. The topological polar surface area (TPSA) is 55.8 Å². The fraction of sp³-hybridized carbons (Fsp3) is 1.00. The fourth-order valence-electron chi connectivity index (χ4n) is 0.323. The molecule has 13 heavy (non-hydrogen) atoms. The molecular weight excluding hydrogens is 194 g/mol. The standard InChI is InChI=1S/C4H10O4S.C3H9N/c1-3-7-9(5,6)8-4-2;1-4(2)3/h3-4H2,1-2H3;1-3H3. The highest BCUT2D eigenvalue weighted by atomic mass is 32.3. The summed E-state index contributed by atoms with van der Waals surface area (Å²) in [6.45, 7) is 3.39. The Morgan fingerprint density at radius 1 is 1.00 bits per heavy atom. The van der Waals surface area contributed by atoms with Crippen LogP contribution in [0.2, 0.25) is 0 Å². The van der Waals surface area contributed by atoms with Crippen LogP contribution in [0, 0.1) is 0 Å². The fourth-order valence-corrected chi connectivity index (χ4v) is 0.968. The maximum absolute atomic E-state index is 10.4. The van der Waals surface area contributed by atoms with E-state index in [1.165, 1.54) is 0 Å². The molecule has 0 unspecified atom stereocenters. The van der Waals surface area contributed by atoms with Crippen molar-refractivity contribution in [3.05, 3.63) is 0 Å². The maximum atomic E-state index is 10.4.